The summed E-state index contributed by atoms with van der Waals surface area (Å²) in [4.78, 5) is 2.23. The van der Waals surface area contributed by atoms with Gasteiger partial charge < -0.3 is 14.8 Å². The molecule has 0 bridgehead atoms. The zero-order chi connectivity index (χ0) is 13.1. The van der Waals surface area contributed by atoms with Crippen LogP contribution >= 0.6 is 0 Å². The van der Waals surface area contributed by atoms with Gasteiger partial charge in [0.15, 0.2) is 0 Å². The maximum absolute atomic E-state index is 9.99. The van der Waals surface area contributed by atoms with Crippen LogP contribution in [-0.2, 0) is 6.42 Å². The lowest BCUT2D eigenvalue weighted by Crippen LogP contribution is -2.33. The van der Waals surface area contributed by atoms with Crippen molar-refractivity contribution in [1.29, 1.82) is 0 Å². The zero-order valence-electron chi connectivity index (χ0n) is 11.3. The lowest BCUT2D eigenvalue weighted by molar-refractivity contribution is 0.160. The van der Waals surface area contributed by atoms with Crippen molar-refractivity contribution in [2.45, 2.75) is 51.8 Å². The molecule has 1 aliphatic rings. The second-order valence-corrected chi connectivity index (χ2v) is 5.12. The molecule has 2 rings (SSSR count). The Morgan fingerprint density at radius 2 is 2.22 bits per heavy atom. The summed E-state index contributed by atoms with van der Waals surface area (Å²) < 4.78 is 5.47. The molecule has 0 unspecified atom stereocenters. The van der Waals surface area contributed by atoms with E-state index in [1.54, 1.807) is 0 Å². The average Bonchev–Trinajstić information content (AvgIpc) is 2.88. The molecular formula is C12H22N4O2. The molecule has 1 aliphatic heterocycles. The molecular weight excluding hydrogens is 232 g/mol. The Balaban J connectivity index is 1.92. The first kappa shape index (κ1) is 13.3. The molecule has 0 spiro atoms. The number of nitrogens with one attached hydrogen (secondary N) is 1. The predicted octanol–water partition coefficient (Wildman–Crippen LogP) is 0.887. The fourth-order valence-corrected chi connectivity index (χ4v) is 2.17. The molecule has 2 N–H and O–H groups in total. The van der Waals surface area contributed by atoms with E-state index >= 15 is 0 Å². The Labute approximate surface area is 107 Å². The van der Waals surface area contributed by atoms with Crippen LogP contribution in [0.25, 0.3) is 0 Å². The van der Waals surface area contributed by atoms with Gasteiger partial charge in [0.1, 0.15) is 0 Å². The van der Waals surface area contributed by atoms with Gasteiger partial charge in [-0.05, 0) is 20.3 Å². The van der Waals surface area contributed by atoms with Crippen LogP contribution in [0, 0.1) is 0 Å². The van der Waals surface area contributed by atoms with Crippen molar-refractivity contribution in [2.24, 2.45) is 0 Å². The maximum Gasteiger partial charge on any atom is 0.315 e. The summed E-state index contributed by atoms with van der Waals surface area (Å²) in [5.41, 5.74) is 0. The molecule has 1 fully saturated rings. The number of aromatic nitrogens is 2. The lowest BCUT2D eigenvalue weighted by atomic mass is 10.2. The Morgan fingerprint density at radius 1 is 1.44 bits per heavy atom. The van der Waals surface area contributed by atoms with Gasteiger partial charge in [-0.25, -0.2) is 0 Å². The molecule has 0 aromatic carbocycles. The van der Waals surface area contributed by atoms with E-state index in [0.717, 1.165) is 19.4 Å². The van der Waals surface area contributed by atoms with Gasteiger partial charge in [-0.3, -0.25) is 4.90 Å². The van der Waals surface area contributed by atoms with Gasteiger partial charge in [-0.15, -0.1) is 5.10 Å². The molecule has 2 atom stereocenters. The van der Waals surface area contributed by atoms with E-state index < -0.39 is 6.10 Å². The topological polar surface area (TPSA) is 74.4 Å². The smallest absolute Gasteiger partial charge is 0.315 e. The van der Waals surface area contributed by atoms with Gasteiger partial charge >= 0.3 is 6.01 Å². The summed E-state index contributed by atoms with van der Waals surface area (Å²) in [6.07, 6.45) is 1.38. The van der Waals surface area contributed by atoms with E-state index in [1.165, 1.54) is 0 Å². The van der Waals surface area contributed by atoms with Crippen molar-refractivity contribution >= 4 is 6.01 Å². The van der Waals surface area contributed by atoms with Crippen molar-refractivity contribution in [3.05, 3.63) is 5.89 Å². The first-order chi connectivity index (χ1) is 8.60. The number of aliphatic hydroxyl groups excluding tert-OH is 1. The number of hydrogen-bond acceptors (Lipinski definition) is 6. The number of hydrogen-bond donors (Lipinski definition) is 2. The molecule has 0 saturated carbocycles. The number of β-amino-alcohol motifs (C(OH)–C–C–N with tert-alkyl or cyclic N) is 1. The third kappa shape index (κ3) is 3.00. The molecule has 102 valence electrons. The van der Waals surface area contributed by atoms with E-state index in [-0.39, 0.29) is 6.04 Å². The molecule has 6 nitrogen and oxygen atoms in total. The minimum Gasteiger partial charge on any atom is -0.408 e. The maximum atomic E-state index is 9.99. The monoisotopic (exact) mass is 254 g/mol. The van der Waals surface area contributed by atoms with Gasteiger partial charge in [-0.1, -0.05) is 12.0 Å². The minimum absolute atomic E-state index is 0.0395. The molecule has 1 aromatic rings. The Morgan fingerprint density at radius 3 is 2.83 bits per heavy atom. The highest BCUT2D eigenvalue weighted by atomic mass is 16.4. The van der Waals surface area contributed by atoms with E-state index in [0.29, 0.717) is 24.5 Å². The third-order valence-electron chi connectivity index (χ3n) is 3.29. The Hall–Kier alpha value is -1.14. The molecule has 6 heteroatoms. The summed E-state index contributed by atoms with van der Waals surface area (Å²) in [6.45, 7) is 7.80. The highest BCUT2D eigenvalue weighted by Crippen LogP contribution is 2.17. The third-order valence-corrected chi connectivity index (χ3v) is 3.29. The zero-order valence-corrected chi connectivity index (χ0v) is 11.3. The Bertz CT molecular complexity index is 380. The number of aryl methyl sites for hydroxylation is 1. The van der Waals surface area contributed by atoms with Gasteiger partial charge in [-0.2, -0.15) is 0 Å². The van der Waals surface area contributed by atoms with E-state index in [4.69, 9.17) is 4.42 Å². The van der Waals surface area contributed by atoms with Crippen molar-refractivity contribution in [3.8, 4) is 0 Å². The second kappa shape index (κ2) is 5.67. The van der Waals surface area contributed by atoms with Gasteiger partial charge in [0.25, 0.3) is 0 Å². The summed E-state index contributed by atoms with van der Waals surface area (Å²) in [5.74, 6) is 0.646. The summed E-state index contributed by atoms with van der Waals surface area (Å²) in [5, 5.41) is 21.0. The molecule has 18 heavy (non-hydrogen) atoms. The van der Waals surface area contributed by atoms with Crippen molar-refractivity contribution in [2.75, 3.05) is 18.4 Å². The normalized spacial score (nSPS) is 24.9. The van der Waals surface area contributed by atoms with Crippen LogP contribution in [0.3, 0.4) is 0 Å². The summed E-state index contributed by atoms with van der Waals surface area (Å²) in [6, 6.07) is 0.806. The van der Waals surface area contributed by atoms with Crippen LogP contribution < -0.4 is 5.32 Å². The van der Waals surface area contributed by atoms with Crippen molar-refractivity contribution < 1.29 is 9.52 Å². The number of aliphatic hydroxyl groups is 1. The summed E-state index contributed by atoms with van der Waals surface area (Å²) in [7, 11) is 0. The molecule has 0 aliphatic carbocycles. The number of rotatable bonds is 5. The predicted molar refractivity (Wildman–Crippen MR) is 68.4 cm³/mol. The molecule has 1 aromatic heterocycles. The largest absolute Gasteiger partial charge is 0.408 e. The second-order valence-electron chi connectivity index (χ2n) is 5.12. The molecule has 1 saturated heterocycles. The van der Waals surface area contributed by atoms with Crippen LogP contribution in [0.2, 0.25) is 0 Å². The van der Waals surface area contributed by atoms with Crippen LogP contribution in [0.15, 0.2) is 4.42 Å². The summed E-state index contributed by atoms with van der Waals surface area (Å²) >= 11 is 0. The number of likely N-dealkylation sites (tertiary alicyclic amines) is 1. The highest BCUT2D eigenvalue weighted by Gasteiger charge is 2.33. The average molecular weight is 254 g/mol. The molecule has 0 radical (unpaired) electrons. The SMILES string of the molecule is CCCc1nnc(N[C@@H]2CN(C(C)C)C[C@H]2O)o1. The van der Waals surface area contributed by atoms with E-state index in [1.807, 2.05) is 0 Å². The Kier molecular flexibility index (Phi) is 4.19. The van der Waals surface area contributed by atoms with Crippen LogP contribution in [0.4, 0.5) is 6.01 Å². The van der Waals surface area contributed by atoms with Crippen molar-refractivity contribution in [1.82, 2.24) is 15.1 Å². The number of anilines is 1. The van der Waals surface area contributed by atoms with E-state index in [9.17, 15) is 5.11 Å². The van der Waals surface area contributed by atoms with Crippen LogP contribution in [0.1, 0.15) is 33.1 Å². The van der Waals surface area contributed by atoms with Gasteiger partial charge in [0.05, 0.1) is 12.1 Å². The van der Waals surface area contributed by atoms with Gasteiger partial charge in [0.2, 0.25) is 5.89 Å². The van der Waals surface area contributed by atoms with Crippen LogP contribution in [-0.4, -0.2) is 51.5 Å². The number of nitrogens with zero attached hydrogens (tertiary/aromatic N) is 3. The molecule has 0 amide bonds. The first-order valence-corrected chi connectivity index (χ1v) is 6.61. The lowest BCUT2D eigenvalue weighted by Gasteiger charge is -2.19. The standard InChI is InChI=1S/C12H22N4O2/c1-4-5-11-14-15-12(18-11)13-9-6-16(8(2)3)7-10(9)17/h8-10,17H,4-7H2,1-3H3,(H,13,15)/t9-,10-/m1/s1. The fraction of sp³-hybridized carbons (Fsp3) is 0.833. The first-order valence-electron chi connectivity index (χ1n) is 6.61. The minimum atomic E-state index is -0.395. The van der Waals surface area contributed by atoms with E-state index in [2.05, 4.69) is 41.2 Å². The fourth-order valence-electron chi connectivity index (χ4n) is 2.17. The van der Waals surface area contributed by atoms with Crippen molar-refractivity contribution in [3.63, 3.8) is 0 Å². The quantitative estimate of drug-likeness (QED) is 0.813. The van der Waals surface area contributed by atoms with Crippen LogP contribution in [0.5, 0.6) is 0 Å². The van der Waals surface area contributed by atoms with Gasteiger partial charge in [0, 0.05) is 25.6 Å². The molecule has 2 heterocycles. The highest BCUT2D eigenvalue weighted by molar-refractivity contribution is 5.22.